The van der Waals surface area contributed by atoms with Crippen LogP contribution in [0, 0.1) is 5.92 Å². The molecule has 1 aliphatic carbocycles. The van der Waals surface area contributed by atoms with Crippen molar-refractivity contribution in [1.29, 1.82) is 0 Å². The number of ketones is 1. The van der Waals surface area contributed by atoms with Gasteiger partial charge in [0.05, 0.1) is 11.5 Å². The lowest BCUT2D eigenvalue weighted by Crippen LogP contribution is -2.44. The molecular formula is C20H24O7. The van der Waals surface area contributed by atoms with E-state index in [1.54, 1.807) is 32.9 Å². The van der Waals surface area contributed by atoms with Crippen LogP contribution in [0.25, 0.3) is 0 Å². The first-order chi connectivity index (χ1) is 12.6. The lowest BCUT2D eigenvalue weighted by Gasteiger charge is -2.32. The molecule has 0 amide bonds. The van der Waals surface area contributed by atoms with Crippen LogP contribution in [0.5, 0.6) is 0 Å². The maximum absolute atomic E-state index is 12.5. The van der Waals surface area contributed by atoms with E-state index < -0.39 is 47.9 Å². The largest absolute Gasteiger partial charge is 0.458 e. The zero-order chi connectivity index (χ0) is 20.1. The van der Waals surface area contributed by atoms with Gasteiger partial charge in [-0.3, -0.25) is 4.79 Å². The molecule has 146 valence electrons. The summed E-state index contributed by atoms with van der Waals surface area (Å²) in [7, 11) is 0. The van der Waals surface area contributed by atoms with E-state index in [4.69, 9.17) is 14.2 Å². The van der Waals surface area contributed by atoms with Crippen LogP contribution < -0.4 is 0 Å². The SMILES string of the molecule is C=C1C(=O)O[C@@H]2/C=C(/C)C(=O)[C@@H]3O[C@H]3[C@](C)(O)C[C@@H](OC(=O)/C(C)=C\C)[C@@H]12. The van der Waals surface area contributed by atoms with Gasteiger partial charge in [0.2, 0.25) is 0 Å². The lowest BCUT2D eigenvalue weighted by atomic mass is 9.80. The van der Waals surface area contributed by atoms with Crippen LogP contribution in [0.1, 0.15) is 34.1 Å². The van der Waals surface area contributed by atoms with E-state index in [0.29, 0.717) is 11.1 Å². The topological polar surface area (TPSA) is 102 Å². The average Bonchev–Trinajstić information content (AvgIpc) is 3.35. The second-order valence-electron chi connectivity index (χ2n) is 7.59. The normalized spacial score (nSPS) is 41.1. The Morgan fingerprint density at radius 2 is 2.11 bits per heavy atom. The number of carbonyl (C=O) groups is 3. The van der Waals surface area contributed by atoms with Gasteiger partial charge in [-0.1, -0.05) is 12.7 Å². The van der Waals surface area contributed by atoms with E-state index in [0.717, 1.165) is 0 Å². The molecule has 27 heavy (non-hydrogen) atoms. The minimum Gasteiger partial charge on any atom is -0.458 e. The van der Waals surface area contributed by atoms with Crippen molar-refractivity contribution in [1.82, 2.24) is 0 Å². The minimum absolute atomic E-state index is 0.0199. The van der Waals surface area contributed by atoms with Gasteiger partial charge in [0.25, 0.3) is 0 Å². The Balaban J connectivity index is 2.03. The van der Waals surface area contributed by atoms with Crippen LogP contribution in [0.2, 0.25) is 0 Å². The fourth-order valence-electron chi connectivity index (χ4n) is 3.63. The Bertz CT molecular complexity index is 773. The summed E-state index contributed by atoms with van der Waals surface area (Å²) in [6, 6.07) is 0. The number of hydrogen-bond donors (Lipinski definition) is 1. The van der Waals surface area contributed by atoms with Gasteiger partial charge in [-0.15, -0.1) is 0 Å². The van der Waals surface area contributed by atoms with E-state index in [-0.39, 0.29) is 17.8 Å². The van der Waals surface area contributed by atoms with Crippen molar-refractivity contribution in [3.63, 3.8) is 0 Å². The Kier molecular flexibility index (Phi) is 4.86. The summed E-state index contributed by atoms with van der Waals surface area (Å²) in [5, 5.41) is 10.9. The zero-order valence-electron chi connectivity index (χ0n) is 15.9. The van der Waals surface area contributed by atoms with Gasteiger partial charge in [0.15, 0.2) is 5.78 Å². The Hall–Kier alpha value is -2.25. The standard InChI is InChI=1S/C20H24O7/c1-6-9(2)18(22)26-13-8-20(5,24)17-16(27-17)15(21)10(3)7-12-14(13)11(4)19(23)25-12/h6-7,12-14,16-17,24H,4,8H2,1-3,5H3/b9-6-,10-7-/t12-,13-,14+,16+,17-,20-/m1/s1. The molecular weight excluding hydrogens is 352 g/mol. The van der Waals surface area contributed by atoms with Gasteiger partial charge in [0, 0.05) is 17.6 Å². The number of Topliss-reactive ketones (excluding diaryl/α,β-unsaturated/α-hetero) is 1. The molecule has 3 aliphatic rings. The van der Waals surface area contributed by atoms with Gasteiger partial charge >= 0.3 is 11.9 Å². The lowest BCUT2D eigenvalue weighted by molar-refractivity contribution is -0.151. The molecule has 1 N–H and O–H groups in total. The summed E-state index contributed by atoms with van der Waals surface area (Å²) < 4.78 is 16.4. The van der Waals surface area contributed by atoms with Crippen molar-refractivity contribution in [3.05, 3.63) is 35.5 Å². The first-order valence-electron chi connectivity index (χ1n) is 8.91. The maximum atomic E-state index is 12.5. The summed E-state index contributed by atoms with van der Waals surface area (Å²) >= 11 is 0. The van der Waals surface area contributed by atoms with Crippen LogP contribution in [0.3, 0.4) is 0 Å². The van der Waals surface area contributed by atoms with Crippen LogP contribution in [0.15, 0.2) is 35.5 Å². The molecule has 0 saturated carbocycles. The minimum atomic E-state index is -1.43. The van der Waals surface area contributed by atoms with Crippen molar-refractivity contribution in [2.75, 3.05) is 0 Å². The molecule has 0 spiro atoms. The monoisotopic (exact) mass is 376 g/mol. The summed E-state index contributed by atoms with van der Waals surface area (Å²) in [6.07, 6.45) is 0.0321. The Labute approximate surface area is 157 Å². The molecule has 2 saturated heterocycles. The molecule has 3 rings (SSSR count). The molecule has 7 nitrogen and oxygen atoms in total. The third-order valence-corrected chi connectivity index (χ3v) is 5.46. The van der Waals surface area contributed by atoms with Crippen LogP contribution in [0.4, 0.5) is 0 Å². The number of rotatable bonds is 2. The smallest absolute Gasteiger partial charge is 0.334 e. The van der Waals surface area contributed by atoms with Crippen molar-refractivity contribution >= 4 is 17.7 Å². The number of fused-ring (bicyclic) bond motifs is 2. The van der Waals surface area contributed by atoms with E-state index in [1.807, 2.05) is 0 Å². The molecule has 0 bridgehead atoms. The molecule has 0 aromatic heterocycles. The number of esters is 2. The molecule has 2 fully saturated rings. The van der Waals surface area contributed by atoms with E-state index in [1.165, 1.54) is 6.92 Å². The molecule has 6 atom stereocenters. The quantitative estimate of drug-likeness (QED) is 0.441. The predicted octanol–water partition coefficient (Wildman–Crippen LogP) is 1.40. The van der Waals surface area contributed by atoms with Crippen LogP contribution in [-0.2, 0) is 28.6 Å². The molecule has 7 heteroatoms. The molecule has 0 radical (unpaired) electrons. The van der Waals surface area contributed by atoms with Gasteiger partial charge in [0.1, 0.15) is 24.4 Å². The highest BCUT2D eigenvalue weighted by Gasteiger charge is 2.58. The van der Waals surface area contributed by atoms with Crippen molar-refractivity contribution < 1.29 is 33.7 Å². The Morgan fingerprint density at radius 3 is 2.74 bits per heavy atom. The third kappa shape index (κ3) is 3.49. The molecule has 2 aliphatic heterocycles. The molecule has 0 aromatic rings. The Morgan fingerprint density at radius 1 is 1.44 bits per heavy atom. The number of carbonyl (C=O) groups excluding carboxylic acids is 3. The molecule has 0 unspecified atom stereocenters. The molecule has 0 aromatic carbocycles. The highest BCUT2D eigenvalue weighted by atomic mass is 16.6. The van der Waals surface area contributed by atoms with Crippen molar-refractivity contribution in [2.45, 2.75) is 64.1 Å². The summed E-state index contributed by atoms with van der Waals surface area (Å²) in [4.78, 5) is 36.9. The average molecular weight is 376 g/mol. The van der Waals surface area contributed by atoms with E-state index in [9.17, 15) is 19.5 Å². The van der Waals surface area contributed by atoms with Gasteiger partial charge < -0.3 is 19.3 Å². The van der Waals surface area contributed by atoms with Crippen LogP contribution >= 0.6 is 0 Å². The fraction of sp³-hybridized carbons (Fsp3) is 0.550. The van der Waals surface area contributed by atoms with Crippen LogP contribution in [-0.4, -0.2) is 52.8 Å². The number of ether oxygens (including phenoxy) is 3. The van der Waals surface area contributed by atoms with E-state index >= 15 is 0 Å². The van der Waals surface area contributed by atoms with Gasteiger partial charge in [-0.05, 0) is 39.3 Å². The summed E-state index contributed by atoms with van der Waals surface area (Å²) in [5.74, 6) is -2.11. The van der Waals surface area contributed by atoms with Crippen molar-refractivity contribution in [2.24, 2.45) is 5.92 Å². The summed E-state index contributed by atoms with van der Waals surface area (Å²) in [5.41, 5.74) is -0.505. The second kappa shape index (κ2) is 6.73. The maximum Gasteiger partial charge on any atom is 0.334 e. The second-order valence-corrected chi connectivity index (χ2v) is 7.59. The summed E-state index contributed by atoms with van der Waals surface area (Å²) in [6.45, 7) is 10.2. The predicted molar refractivity (Wildman–Crippen MR) is 94.5 cm³/mol. The fourth-order valence-corrected chi connectivity index (χ4v) is 3.63. The first-order valence-corrected chi connectivity index (χ1v) is 8.91. The zero-order valence-corrected chi connectivity index (χ0v) is 15.9. The van der Waals surface area contributed by atoms with Gasteiger partial charge in [-0.25, -0.2) is 9.59 Å². The van der Waals surface area contributed by atoms with Gasteiger partial charge in [-0.2, -0.15) is 0 Å². The number of aliphatic hydroxyl groups is 1. The number of hydrogen-bond acceptors (Lipinski definition) is 7. The van der Waals surface area contributed by atoms with Crippen molar-refractivity contribution in [3.8, 4) is 0 Å². The highest BCUT2D eigenvalue weighted by molar-refractivity contribution is 6.01. The molecule has 2 heterocycles. The highest BCUT2D eigenvalue weighted by Crippen LogP contribution is 2.43. The first kappa shape index (κ1) is 19.5. The third-order valence-electron chi connectivity index (χ3n) is 5.46. The van der Waals surface area contributed by atoms with E-state index in [2.05, 4.69) is 6.58 Å². The number of allylic oxidation sites excluding steroid dienone is 1. The number of epoxide rings is 1.